The number of aliphatic carboxylic acids is 1. The van der Waals surface area contributed by atoms with Gasteiger partial charge in [0, 0.05) is 12.8 Å². The van der Waals surface area contributed by atoms with Crippen LogP contribution in [0.15, 0.2) is 24.3 Å². The van der Waals surface area contributed by atoms with Crippen molar-refractivity contribution in [2.45, 2.75) is 56.7 Å². The van der Waals surface area contributed by atoms with Crippen molar-refractivity contribution in [2.75, 3.05) is 13.1 Å². The zero-order valence-electron chi connectivity index (χ0n) is 19.4. The fraction of sp³-hybridized carbons (Fsp3) is 0.500. The molecule has 13 heteroatoms. The molecular weight excluding hydrogens is 460 g/mol. The molecule has 0 saturated heterocycles. The molecule has 1 aromatic carbocycles. The van der Waals surface area contributed by atoms with Crippen molar-refractivity contribution >= 4 is 29.6 Å². The smallest absolute Gasteiger partial charge is 0.326 e. The summed E-state index contributed by atoms with van der Waals surface area (Å²) in [6, 6.07) is 2.43. The highest BCUT2D eigenvalue weighted by atomic mass is 16.4. The van der Waals surface area contributed by atoms with Crippen LogP contribution in [0.1, 0.15) is 37.7 Å². The van der Waals surface area contributed by atoms with Crippen molar-refractivity contribution in [3.05, 3.63) is 29.8 Å². The second kappa shape index (κ2) is 15.2. The van der Waals surface area contributed by atoms with E-state index in [9.17, 15) is 34.2 Å². The molecule has 0 saturated carbocycles. The molecule has 0 aliphatic heterocycles. The lowest BCUT2D eigenvalue weighted by atomic mass is 10.0. The Bertz CT molecular complexity index is 878. The van der Waals surface area contributed by atoms with Crippen LogP contribution in [0.25, 0.3) is 0 Å². The van der Waals surface area contributed by atoms with Gasteiger partial charge in [-0.25, -0.2) is 4.79 Å². The van der Waals surface area contributed by atoms with Gasteiger partial charge in [0.15, 0.2) is 0 Å². The number of unbranched alkanes of at least 4 members (excludes halogenated alkanes) is 1. The van der Waals surface area contributed by atoms with Crippen LogP contribution in [0.2, 0.25) is 0 Å². The molecule has 0 aliphatic carbocycles. The molecule has 11 N–H and O–H groups in total. The molecule has 0 aliphatic rings. The number of primary amides is 1. The van der Waals surface area contributed by atoms with E-state index in [1.54, 1.807) is 0 Å². The molecule has 0 aromatic heterocycles. The highest BCUT2D eigenvalue weighted by molar-refractivity contribution is 5.92. The molecular formula is C22H34N6O7. The fourth-order valence-electron chi connectivity index (χ4n) is 3.08. The highest BCUT2D eigenvalue weighted by Gasteiger charge is 2.27. The molecule has 0 bridgehead atoms. The number of carboxylic acid groups (broad SMARTS) is 1. The number of hydrogen-bond donors (Lipinski definition) is 8. The maximum Gasteiger partial charge on any atom is 0.326 e. The first-order valence-electron chi connectivity index (χ1n) is 11.2. The lowest BCUT2D eigenvalue weighted by Crippen LogP contribution is -2.54. The van der Waals surface area contributed by atoms with Crippen molar-refractivity contribution in [1.82, 2.24) is 16.0 Å². The van der Waals surface area contributed by atoms with Gasteiger partial charge >= 0.3 is 5.97 Å². The van der Waals surface area contributed by atoms with Crippen LogP contribution in [0.4, 0.5) is 0 Å². The first-order valence-corrected chi connectivity index (χ1v) is 11.2. The lowest BCUT2D eigenvalue weighted by molar-refractivity contribution is -0.142. The first-order chi connectivity index (χ1) is 16.5. The minimum atomic E-state index is -1.40. The molecule has 3 unspecified atom stereocenters. The summed E-state index contributed by atoms with van der Waals surface area (Å²) < 4.78 is 0. The van der Waals surface area contributed by atoms with E-state index in [0.29, 0.717) is 31.4 Å². The molecule has 0 fully saturated rings. The third-order valence-electron chi connectivity index (χ3n) is 5.05. The molecule has 35 heavy (non-hydrogen) atoms. The van der Waals surface area contributed by atoms with E-state index in [4.69, 9.17) is 17.2 Å². The average Bonchev–Trinajstić information content (AvgIpc) is 2.80. The number of nitrogens with one attached hydrogen (secondary N) is 3. The van der Waals surface area contributed by atoms with Gasteiger partial charge in [0.1, 0.15) is 17.8 Å². The number of benzene rings is 1. The van der Waals surface area contributed by atoms with Crippen molar-refractivity contribution in [3.63, 3.8) is 0 Å². The molecule has 0 radical (unpaired) electrons. The standard InChI is InChI=1S/C22H34N6O7/c23-10-2-1-3-15(24)20(32)26-12-19(31)27-17(11-13-4-6-14(29)7-5-13)21(33)28-16(22(34)35)8-9-18(25)30/h4-7,15-17,29H,1-3,8-12,23-24H2,(H2,25,30)(H,26,32)(H,27,31)(H,28,33)(H,34,35). The number of carbonyl (C=O) groups excluding carboxylic acids is 4. The van der Waals surface area contributed by atoms with Gasteiger partial charge in [-0.1, -0.05) is 18.6 Å². The maximum absolute atomic E-state index is 12.8. The highest BCUT2D eigenvalue weighted by Crippen LogP contribution is 2.12. The summed E-state index contributed by atoms with van der Waals surface area (Å²) in [7, 11) is 0. The quantitative estimate of drug-likeness (QED) is 0.116. The SMILES string of the molecule is NCCCCC(N)C(=O)NCC(=O)NC(Cc1ccc(O)cc1)C(=O)NC(CCC(N)=O)C(=O)O. The summed E-state index contributed by atoms with van der Waals surface area (Å²) >= 11 is 0. The third kappa shape index (κ3) is 11.8. The van der Waals surface area contributed by atoms with E-state index in [2.05, 4.69) is 16.0 Å². The van der Waals surface area contributed by atoms with Crippen LogP contribution in [0.3, 0.4) is 0 Å². The second-order valence-corrected chi connectivity index (χ2v) is 8.00. The van der Waals surface area contributed by atoms with Crippen LogP contribution in [-0.2, 0) is 30.4 Å². The monoisotopic (exact) mass is 494 g/mol. The van der Waals surface area contributed by atoms with Gasteiger partial charge in [-0.15, -0.1) is 0 Å². The van der Waals surface area contributed by atoms with Gasteiger partial charge in [0.05, 0.1) is 12.6 Å². The van der Waals surface area contributed by atoms with E-state index < -0.39 is 54.3 Å². The molecule has 1 rings (SSSR count). The van der Waals surface area contributed by atoms with Crippen LogP contribution in [-0.4, -0.2) is 71.0 Å². The van der Waals surface area contributed by atoms with Crippen LogP contribution < -0.4 is 33.2 Å². The Labute approximate surface area is 202 Å². The number of carbonyl (C=O) groups is 5. The predicted octanol–water partition coefficient (Wildman–Crippen LogP) is -2.17. The Morgan fingerprint density at radius 1 is 0.914 bits per heavy atom. The number of amides is 4. The number of hydrogen-bond acceptors (Lipinski definition) is 8. The maximum atomic E-state index is 12.8. The van der Waals surface area contributed by atoms with Crippen LogP contribution in [0.5, 0.6) is 5.75 Å². The molecule has 0 heterocycles. The molecule has 13 nitrogen and oxygen atoms in total. The Hall–Kier alpha value is -3.71. The molecule has 4 amide bonds. The Kier molecular flexibility index (Phi) is 12.8. The van der Waals surface area contributed by atoms with Crippen LogP contribution in [0, 0.1) is 0 Å². The summed E-state index contributed by atoms with van der Waals surface area (Å²) in [5, 5.41) is 26.0. The lowest BCUT2D eigenvalue weighted by Gasteiger charge is -2.22. The average molecular weight is 495 g/mol. The fourth-order valence-corrected chi connectivity index (χ4v) is 3.08. The predicted molar refractivity (Wildman–Crippen MR) is 126 cm³/mol. The van der Waals surface area contributed by atoms with E-state index in [1.807, 2.05) is 0 Å². The van der Waals surface area contributed by atoms with Gasteiger partial charge in [-0.3, -0.25) is 19.2 Å². The third-order valence-corrected chi connectivity index (χ3v) is 5.05. The Morgan fingerprint density at radius 2 is 1.57 bits per heavy atom. The summed E-state index contributed by atoms with van der Waals surface area (Å²) in [4.78, 5) is 59.8. The van der Waals surface area contributed by atoms with Gasteiger partial charge in [-0.2, -0.15) is 0 Å². The molecule has 1 aromatic rings. The number of phenolic OH excluding ortho intramolecular Hbond substituents is 1. The largest absolute Gasteiger partial charge is 0.508 e. The second-order valence-electron chi connectivity index (χ2n) is 8.00. The van der Waals surface area contributed by atoms with Gasteiger partial charge < -0.3 is 43.4 Å². The summed E-state index contributed by atoms with van der Waals surface area (Å²) in [6.45, 7) is 0.0271. The summed E-state index contributed by atoms with van der Waals surface area (Å²) in [6.07, 6.45) is 1.25. The number of nitrogens with two attached hydrogens (primary N) is 3. The van der Waals surface area contributed by atoms with E-state index in [0.717, 1.165) is 0 Å². The number of aromatic hydroxyl groups is 1. The first kappa shape index (κ1) is 29.3. The zero-order valence-corrected chi connectivity index (χ0v) is 19.4. The topological polar surface area (TPSA) is 240 Å². The number of phenols is 1. The van der Waals surface area contributed by atoms with E-state index in [-0.39, 0.29) is 25.0 Å². The number of carboxylic acids is 1. The number of rotatable bonds is 16. The van der Waals surface area contributed by atoms with Gasteiger partial charge in [0.25, 0.3) is 0 Å². The minimum Gasteiger partial charge on any atom is -0.508 e. The van der Waals surface area contributed by atoms with E-state index in [1.165, 1.54) is 24.3 Å². The molecule has 0 spiro atoms. The Morgan fingerprint density at radius 3 is 2.14 bits per heavy atom. The van der Waals surface area contributed by atoms with E-state index >= 15 is 0 Å². The van der Waals surface area contributed by atoms with Crippen molar-refractivity contribution in [1.29, 1.82) is 0 Å². The van der Waals surface area contributed by atoms with Crippen molar-refractivity contribution in [2.24, 2.45) is 17.2 Å². The van der Waals surface area contributed by atoms with Crippen molar-refractivity contribution < 1.29 is 34.2 Å². The van der Waals surface area contributed by atoms with Gasteiger partial charge in [0.2, 0.25) is 23.6 Å². The van der Waals surface area contributed by atoms with Gasteiger partial charge in [-0.05, 0) is 43.5 Å². The molecule has 3 atom stereocenters. The Balaban J connectivity index is 2.83. The zero-order chi connectivity index (χ0) is 26.4. The minimum absolute atomic E-state index is 0.00157. The van der Waals surface area contributed by atoms with Crippen molar-refractivity contribution in [3.8, 4) is 5.75 Å². The van der Waals surface area contributed by atoms with Crippen LogP contribution >= 0.6 is 0 Å². The summed E-state index contributed by atoms with van der Waals surface area (Å²) in [5.74, 6) is -4.14. The molecule has 194 valence electrons. The summed E-state index contributed by atoms with van der Waals surface area (Å²) in [5.41, 5.74) is 16.8. The normalized spacial score (nSPS) is 13.2.